The van der Waals surface area contributed by atoms with Crippen molar-refractivity contribution in [1.29, 1.82) is 0 Å². The molecule has 1 aromatic rings. The molecule has 1 fully saturated rings. The van der Waals surface area contributed by atoms with E-state index < -0.39 is 11.7 Å². The first kappa shape index (κ1) is 13.4. The van der Waals surface area contributed by atoms with E-state index in [0.29, 0.717) is 12.0 Å². The van der Waals surface area contributed by atoms with Crippen LogP contribution >= 0.6 is 0 Å². The van der Waals surface area contributed by atoms with Crippen molar-refractivity contribution in [3.8, 4) is 0 Å². The van der Waals surface area contributed by atoms with E-state index in [1.807, 2.05) is 0 Å². The van der Waals surface area contributed by atoms with Gasteiger partial charge in [-0.1, -0.05) is 31.0 Å². The fourth-order valence-electron chi connectivity index (χ4n) is 2.79. The molecule has 0 spiro atoms. The summed E-state index contributed by atoms with van der Waals surface area (Å²) in [6, 6.07) is 5.93. The molecule has 1 aliphatic rings. The maximum Gasteiger partial charge on any atom is 0.416 e. The molecule has 2 unspecified atom stereocenters. The predicted octanol–water partition coefficient (Wildman–Crippen LogP) is 4.08. The number of alkyl halides is 3. The van der Waals surface area contributed by atoms with E-state index in [4.69, 9.17) is 5.73 Å². The quantitative estimate of drug-likeness (QED) is 0.754. The van der Waals surface area contributed by atoms with Gasteiger partial charge in [0.1, 0.15) is 0 Å². The second-order valence-corrected chi connectivity index (χ2v) is 5.06. The molecule has 2 rings (SSSR count). The molecule has 0 amide bonds. The standard InChI is InChI=1S/C14H18F3N/c15-14(16,17)13-8-4-3-7-12(13)10-5-1-2-6-11(18)9-10/h3-4,7-8,10-11H,1-2,5-6,9,18H2. The lowest BCUT2D eigenvalue weighted by Gasteiger charge is -2.21. The SMILES string of the molecule is NC1CCCCC(c2ccccc2C(F)(F)F)C1. The Balaban J connectivity index is 2.32. The number of rotatable bonds is 1. The molecule has 4 heteroatoms. The monoisotopic (exact) mass is 257 g/mol. The van der Waals surface area contributed by atoms with E-state index in [-0.39, 0.29) is 12.0 Å². The highest BCUT2D eigenvalue weighted by molar-refractivity contribution is 5.33. The molecule has 0 saturated heterocycles. The van der Waals surface area contributed by atoms with E-state index in [2.05, 4.69) is 0 Å². The van der Waals surface area contributed by atoms with Crippen molar-refractivity contribution in [2.24, 2.45) is 5.73 Å². The van der Waals surface area contributed by atoms with Crippen molar-refractivity contribution in [1.82, 2.24) is 0 Å². The van der Waals surface area contributed by atoms with Gasteiger partial charge in [-0.2, -0.15) is 13.2 Å². The lowest BCUT2D eigenvalue weighted by molar-refractivity contribution is -0.138. The summed E-state index contributed by atoms with van der Waals surface area (Å²) in [5.74, 6) is -0.0553. The van der Waals surface area contributed by atoms with Crippen LogP contribution in [0.25, 0.3) is 0 Å². The Morgan fingerprint density at radius 1 is 1.06 bits per heavy atom. The normalized spacial score (nSPS) is 25.8. The molecule has 0 aliphatic heterocycles. The number of hydrogen-bond acceptors (Lipinski definition) is 1. The third-order valence-electron chi connectivity index (χ3n) is 3.67. The molecule has 18 heavy (non-hydrogen) atoms. The minimum absolute atomic E-state index is 0.0267. The summed E-state index contributed by atoms with van der Waals surface area (Å²) in [6.45, 7) is 0. The number of nitrogens with two attached hydrogens (primary N) is 1. The molecule has 1 saturated carbocycles. The van der Waals surface area contributed by atoms with E-state index >= 15 is 0 Å². The fourth-order valence-corrected chi connectivity index (χ4v) is 2.79. The summed E-state index contributed by atoms with van der Waals surface area (Å²) >= 11 is 0. The molecular weight excluding hydrogens is 239 g/mol. The van der Waals surface area contributed by atoms with Gasteiger partial charge in [0.25, 0.3) is 0 Å². The molecule has 1 aliphatic carbocycles. The van der Waals surface area contributed by atoms with Crippen LogP contribution in [0.1, 0.15) is 49.1 Å². The van der Waals surface area contributed by atoms with Crippen molar-refractivity contribution in [3.05, 3.63) is 35.4 Å². The average Bonchev–Trinajstić information content (AvgIpc) is 2.53. The first-order valence-electron chi connectivity index (χ1n) is 6.40. The van der Waals surface area contributed by atoms with Crippen LogP contribution in [-0.2, 0) is 6.18 Å². The Morgan fingerprint density at radius 2 is 1.72 bits per heavy atom. The van der Waals surface area contributed by atoms with Gasteiger partial charge < -0.3 is 5.73 Å². The van der Waals surface area contributed by atoms with E-state index in [1.165, 1.54) is 12.1 Å². The molecule has 0 heterocycles. The Kier molecular flexibility index (Phi) is 3.95. The minimum atomic E-state index is -4.27. The summed E-state index contributed by atoms with van der Waals surface area (Å²) in [6.07, 6.45) is 0.0992. The van der Waals surface area contributed by atoms with Crippen LogP contribution in [-0.4, -0.2) is 6.04 Å². The van der Waals surface area contributed by atoms with E-state index in [0.717, 1.165) is 25.7 Å². The van der Waals surface area contributed by atoms with Gasteiger partial charge in [0.15, 0.2) is 0 Å². The summed E-state index contributed by atoms with van der Waals surface area (Å²) in [7, 11) is 0. The molecule has 100 valence electrons. The molecule has 0 aromatic heterocycles. The second kappa shape index (κ2) is 5.31. The van der Waals surface area contributed by atoms with Crippen molar-refractivity contribution in [2.75, 3.05) is 0 Å². The van der Waals surface area contributed by atoms with E-state index in [9.17, 15) is 13.2 Å². The van der Waals surface area contributed by atoms with Crippen molar-refractivity contribution in [2.45, 2.75) is 50.2 Å². The van der Waals surface area contributed by atoms with Crippen LogP contribution in [0.3, 0.4) is 0 Å². The lowest BCUT2D eigenvalue weighted by atomic mass is 9.87. The Morgan fingerprint density at radius 3 is 2.44 bits per heavy atom. The van der Waals surface area contributed by atoms with Gasteiger partial charge in [0.2, 0.25) is 0 Å². The van der Waals surface area contributed by atoms with Crippen LogP contribution in [0, 0.1) is 0 Å². The summed E-state index contributed by atoms with van der Waals surface area (Å²) in [4.78, 5) is 0. The molecule has 2 atom stereocenters. The Bertz CT molecular complexity index is 400. The maximum absolute atomic E-state index is 13.0. The number of benzene rings is 1. The van der Waals surface area contributed by atoms with Crippen LogP contribution in [0.4, 0.5) is 13.2 Å². The lowest BCUT2D eigenvalue weighted by Crippen LogP contribution is -2.22. The van der Waals surface area contributed by atoms with Crippen molar-refractivity contribution >= 4 is 0 Å². The maximum atomic E-state index is 13.0. The second-order valence-electron chi connectivity index (χ2n) is 5.06. The van der Waals surface area contributed by atoms with E-state index in [1.54, 1.807) is 12.1 Å². The highest BCUT2D eigenvalue weighted by Crippen LogP contribution is 2.39. The van der Waals surface area contributed by atoms with Gasteiger partial charge in [0, 0.05) is 6.04 Å². The van der Waals surface area contributed by atoms with Gasteiger partial charge in [-0.25, -0.2) is 0 Å². The summed E-state index contributed by atoms with van der Waals surface area (Å²) < 4.78 is 38.9. The van der Waals surface area contributed by atoms with Gasteiger partial charge in [0.05, 0.1) is 5.56 Å². The molecule has 0 radical (unpaired) electrons. The van der Waals surface area contributed by atoms with Crippen LogP contribution in [0.15, 0.2) is 24.3 Å². The Hall–Kier alpha value is -1.03. The fraction of sp³-hybridized carbons (Fsp3) is 0.571. The third-order valence-corrected chi connectivity index (χ3v) is 3.67. The number of halogens is 3. The smallest absolute Gasteiger partial charge is 0.328 e. The zero-order valence-corrected chi connectivity index (χ0v) is 10.2. The van der Waals surface area contributed by atoms with Crippen LogP contribution in [0.2, 0.25) is 0 Å². The summed E-state index contributed by atoms with van der Waals surface area (Å²) in [5.41, 5.74) is 5.86. The first-order valence-corrected chi connectivity index (χ1v) is 6.40. The largest absolute Gasteiger partial charge is 0.416 e. The topological polar surface area (TPSA) is 26.0 Å². The molecule has 1 nitrogen and oxygen atoms in total. The zero-order valence-electron chi connectivity index (χ0n) is 10.2. The first-order chi connectivity index (χ1) is 8.48. The minimum Gasteiger partial charge on any atom is -0.328 e. The molecular formula is C14H18F3N. The highest BCUT2D eigenvalue weighted by atomic mass is 19.4. The highest BCUT2D eigenvalue weighted by Gasteiger charge is 2.35. The summed E-state index contributed by atoms with van der Waals surface area (Å²) in [5, 5.41) is 0. The zero-order chi connectivity index (χ0) is 13.2. The third kappa shape index (κ3) is 3.05. The number of hydrogen-bond donors (Lipinski definition) is 1. The average molecular weight is 257 g/mol. The van der Waals surface area contributed by atoms with Gasteiger partial charge >= 0.3 is 6.18 Å². The predicted molar refractivity (Wildman–Crippen MR) is 65.2 cm³/mol. The molecule has 2 N–H and O–H groups in total. The van der Waals surface area contributed by atoms with Crippen molar-refractivity contribution in [3.63, 3.8) is 0 Å². The van der Waals surface area contributed by atoms with Crippen LogP contribution in [0.5, 0.6) is 0 Å². The van der Waals surface area contributed by atoms with Gasteiger partial charge in [-0.05, 0) is 36.8 Å². The Labute approximate surface area is 105 Å². The van der Waals surface area contributed by atoms with Crippen molar-refractivity contribution < 1.29 is 13.2 Å². The van der Waals surface area contributed by atoms with Crippen LogP contribution < -0.4 is 5.73 Å². The van der Waals surface area contributed by atoms with Gasteiger partial charge in [-0.15, -0.1) is 0 Å². The molecule has 0 bridgehead atoms. The molecule has 1 aromatic carbocycles. The van der Waals surface area contributed by atoms with Gasteiger partial charge in [-0.3, -0.25) is 0 Å².